The van der Waals surface area contributed by atoms with E-state index in [1.165, 1.54) is 19.4 Å². The number of hydrogen-bond donors (Lipinski definition) is 4. The van der Waals surface area contributed by atoms with Gasteiger partial charge in [0.25, 0.3) is 0 Å². The van der Waals surface area contributed by atoms with Crippen LogP contribution in [0.2, 0.25) is 0 Å². The van der Waals surface area contributed by atoms with Crippen LogP contribution in [-0.2, 0) is 33.5 Å². The van der Waals surface area contributed by atoms with Crippen molar-refractivity contribution in [2.75, 3.05) is 13.7 Å². The first-order valence-corrected chi connectivity index (χ1v) is 8.75. The minimum Gasteiger partial charge on any atom is -0.469 e. The second-order valence-corrected chi connectivity index (χ2v) is 6.69. The van der Waals surface area contributed by atoms with Gasteiger partial charge < -0.3 is 39.4 Å². The Morgan fingerprint density at radius 1 is 1.21 bits per heavy atom. The number of carbonyl (C=O) groups excluding carboxylic acids is 1. The standard InChI is InChI=1S/C17H24O11/c1-3-7-8-4-11(23-2)26-15(22)9(8)6-24-16(7)27-28-17-14(21)13(20)12(19)10(5-18)25-17/h3,6-8,10-14,16-21H,1,4-5H2,2H3. The van der Waals surface area contributed by atoms with Gasteiger partial charge >= 0.3 is 5.97 Å². The largest absolute Gasteiger partial charge is 0.469 e. The van der Waals surface area contributed by atoms with Crippen LogP contribution in [-0.4, -0.2) is 83.4 Å². The molecular formula is C17H24O11. The number of fused-ring (bicyclic) bond motifs is 1. The normalized spacial score (nSPS) is 43.4. The van der Waals surface area contributed by atoms with Gasteiger partial charge in [0.2, 0.25) is 18.9 Å². The molecule has 3 heterocycles. The Labute approximate surface area is 160 Å². The summed E-state index contributed by atoms with van der Waals surface area (Å²) in [5, 5.41) is 38.8. The smallest absolute Gasteiger partial charge is 0.339 e. The van der Waals surface area contributed by atoms with Crippen LogP contribution in [0.3, 0.4) is 0 Å². The van der Waals surface area contributed by atoms with Crippen LogP contribution in [0.25, 0.3) is 0 Å². The van der Waals surface area contributed by atoms with Gasteiger partial charge in [0.15, 0.2) is 0 Å². The van der Waals surface area contributed by atoms with Gasteiger partial charge in [-0.1, -0.05) is 6.08 Å². The van der Waals surface area contributed by atoms with Gasteiger partial charge in [0.05, 0.1) is 18.4 Å². The van der Waals surface area contributed by atoms with E-state index in [9.17, 15) is 25.2 Å². The fourth-order valence-electron chi connectivity index (χ4n) is 3.40. The zero-order chi connectivity index (χ0) is 20.4. The Balaban J connectivity index is 1.67. The Bertz CT molecular complexity index is 606. The molecule has 2 saturated heterocycles. The van der Waals surface area contributed by atoms with E-state index in [0.29, 0.717) is 12.0 Å². The van der Waals surface area contributed by atoms with Crippen LogP contribution in [0.15, 0.2) is 24.5 Å². The van der Waals surface area contributed by atoms with E-state index in [-0.39, 0.29) is 5.92 Å². The lowest BCUT2D eigenvalue weighted by molar-refractivity contribution is -0.467. The molecule has 9 unspecified atom stereocenters. The van der Waals surface area contributed by atoms with Gasteiger partial charge in [-0.3, -0.25) is 0 Å². The molecule has 11 heteroatoms. The Morgan fingerprint density at radius 3 is 2.57 bits per heavy atom. The van der Waals surface area contributed by atoms with Crippen LogP contribution in [0.1, 0.15) is 6.42 Å². The molecule has 28 heavy (non-hydrogen) atoms. The summed E-state index contributed by atoms with van der Waals surface area (Å²) in [5.41, 5.74) is 0.311. The number of ether oxygens (including phenoxy) is 4. The van der Waals surface area contributed by atoms with Crippen molar-refractivity contribution in [3.63, 3.8) is 0 Å². The van der Waals surface area contributed by atoms with E-state index in [2.05, 4.69) is 6.58 Å². The van der Waals surface area contributed by atoms with Crippen LogP contribution in [0.5, 0.6) is 0 Å². The number of methoxy groups -OCH3 is 1. The molecular weight excluding hydrogens is 380 g/mol. The van der Waals surface area contributed by atoms with Gasteiger partial charge in [-0.25, -0.2) is 4.79 Å². The quantitative estimate of drug-likeness (QED) is 0.174. The summed E-state index contributed by atoms with van der Waals surface area (Å²) in [6.45, 7) is 3.13. The second-order valence-electron chi connectivity index (χ2n) is 6.69. The number of rotatable bonds is 6. The zero-order valence-corrected chi connectivity index (χ0v) is 15.1. The van der Waals surface area contributed by atoms with Gasteiger partial charge in [0, 0.05) is 25.4 Å². The summed E-state index contributed by atoms with van der Waals surface area (Å²) in [4.78, 5) is 22.4. The van der Waals surface area contributed by atoms with E-state index in [1.807, 2.05) is 0 Å². The molecule has 0 saturated carbocycles. The number of cyclic esters (lactones) is 1. The van der Waals surface area contributed by atoms with Gasteiger partial charge in [-0.2, -0.15) is 9.78 Å². The Morgan fingerprint density at radius 2 is 1.93 bits per heavy atom. The predicted molar refractivity (Wildman–Crippen MR) is 87.6 cm³/mol. The van der Waals surface area contributed by atoms with Crippen molar-refractivity contribution in [1.29, 1.82) is 0 Å². The average molecular weight is 404 g/mol. The molecule has 4 N–H and O–H groups in total. The number of aliphatic hydroxyl groups is 4. The van der Waals surface area contributed by atoms with E-state index in [0.717, 1.165) is 0 Å². The molecule has 3 rings (SSSR count). The van der Waals surface area contributed by atoms with Gasteiger partial charge in [0.1, 0.15) is 24.4 Å². The molecule has 0 bridgehead atoms. The molecule has 3 aliphatic rings. The van der Waals surface area contributed by atoms with Crippen molar-refractivity contribution < 1.29 is 53.9 Å². The third-order valence-corrected chi connectivity index (χ3v) is 5.06. The fraction of sp³-hybridized carbons (Fsp3) is 0.706. The van der Waals surface area contributed by atoms with Crippen LogP contribution >= 0.6 is 0 Å². The molecule has 9 atom stereocenters. The first-order chi connectivity index (χ1) is 13.4. The highest BCUT2D eigenvalue weighted by Gasteiger charge is 2.47. The molecule has 0 aromatic carbocycles. The fourth-order valence-corrected chi connectivity index (χ4v) is 3.40. The lowest BCUT2D eigenvalue weighted by Gasteiger charge is -2.41. The Hall–Kier alpha value is -1.57. The van der Waals surface area contributed by atoms with Crippen molar-refractivity contribution >= 4 is 5.97 Å². The maximum atomic E-state index is 12.1. The molecule has 0 radical (unpaired) electrons. The molecule has 0 amide bonds. The lowest BCUT2D eigenvalue weighted by Crippen LogP contribution is -2.59. The summed E-state index contributed by atoms with van der Waals surface area (Å²) in [6, 6.07) is 0. The van der Waals surface area contributed by atoms with Crippen molar-refractivity contribution in [3.8, 4) is 0 Å². The van der Waals surface area contributed by atoms with E-state index >= 15 is 0 Å². The summed E-state index contributed by atoms with van der Waals surface area (Å²) in [5.74, 6) is -1.44. The van der Waals surface area contributed by atoms with Gasteiger partial charge in [-0.05, 0) is 0 Å². The zero-order valence-electron chi connectivity index (χ0n) is 15.1. The molecule has 0 aromatic rings. The molecule has 0 aliphatic carbocycles. The number of hydrogen-bond acceptors (Lipinski definition) is 11. The summed E-state index contributed by atoms with van der Waals surface area (Å²) in [6.07, 6.45) is -6.05. The number of aliphatic hydroxyl groups excluding tert-OH is 4. The SMILES string of the molecule is C=CC1C(OOC2OC(CO)C(O)C(O)C2O)OC=C2C(=O)OC(OC)CC21. The monoisotopic (exact) mass is 404 g/mol. The topological polar surface area (TPSA) is 153 Å². The maximum absolute atomic E-state index is 12.1. The summed E-state index contributed by atoms with van der Waals surface area (Å²) in [7, 11) is 1.42. The third-order valence-electron chi connectivity index (χ3n) is 5.06. The molecule has 0 aromatic heterocycles. The number of esters is 1. The third kappa shape index (κ3) is 3.93. The van der Waals surface area contributed by atoms with Crippen LogP contribution in [0.4, 0.5) is 0 Å². The van der Waals surface area contributed by atoms with Crippen molar-refractivity contribution in [3.05, 3.63) is 24.5 Å². The summed E-state index contributed by atoms with van der Waals surface area (Å²) >= 11 is 0. The van der Waals surface area contributed by atoms with Crippen LogP contribution in [0, 0.1) is 11.8 Å². The highest BCUT2D eigenvalue weighted by molar-refractivity contribution is 5.89. The highest BCUT2D eigenvalue weighted by Crippen LogP contribution is 2.39. The first kappa shape index (κ1) is 21.1. The molecule has 11 nitrogen and oxygen atoms in total. The van der Waals surface area contributed by atoms with E-state index in [1.54, 1.807) is 0 Å². The predicted octanol–water partition coefficient (Wildman–Crippen LogP) is -1.69. The highest BCUT2D eigenvalue weighted by atomic mass is 17.2. The molecule has 3 aliphatic heterocycles. The van der Waals surface area contributed by atoms with Crippen molar-refractivity contribution in [2.45, 2.75) is 49.7 Å². The summed E-state index contributed by atoms with van der Waals surface area (Å²) < 4.78 is 20.8. The van der Waals surface area contributed by atoms with Crippen LogP contribution < -0.4 is 0 Å². The van der Waals surface area contributed by atoms with Crippen molar-refractivity contribution in [1.82, 2.24) is 0 Å². The maximum Gasteiger partial charge on any atom is 0.339 e. The van der Waals surface area contributed by atoms with Crippen molar-refractivity contribution in [2.24, 2.45) is 11.8 Å². The minimum absolute atomic E-state index is 0.311. The minimum atomic E-state index is -1.63. The van der Waals surface area contributed by atoms with E-state index < -0.39 is 61.8 Å². The second kappa shape index (κ2) is 8.84. The molecule has 0 spiro atoms. The lowest BCUT2D eigenvalue weighted by atomic mass is 9.80. The van der Waals surface area contributed by atoms with Gasteiger partial charge in [-0.15, -0.1) is 6.58 Å². The molecule has 2 fully saturated rings. The first-order valence-electron chi connectivity index (χ1n) is 8.75. The number of carbonyl (C=O) groups is 1. The van der Waals surface area contributed by atoms with E-state index in [4.69, 9.17) is 28.7 Å². The molecule has 158 valence electrons. The Kier molecular flexibility index (Phi) is 6.68. The average Bonchev–Trinajstić information content (AvgIpc) is 2.70.